The highest BCUT2D eigenvalue weighted by Crippen LogP contribution is 2.38. The fourth-order valence-corrected chi connectivity index (χ4v) is 2.80. The van der Waals surface area contributed by atoms with Crippen molar-refractivity contribution < 1.29 is 9.53 Å². The molecule has 0 fully saturated rings. The Morgan fingerprint density at radius 1 is 1.31 bits per heavy atom. The quantitative estimate of drug-likeness (QED) is 0.635. The zero-order valence-corrected chi connectivity index (χ0v) is 16.5. The number of halogens is 1. The Morgan fingerprint density at radius 3 is 2.66 bits per heavy atom. The number of carbonyl (C=O) groups is 1. The van der Waals surface area contributed by atoms with E-state index in [2.05, 4.69) is 36.7 Å². The normalized spacial score (nSPS) is 10.7. The number of hydrogen-bond acceptors (Lipinski definition) is 8. The Hall–Kier alpha value is -3.84. The van der Waals surface area contributed by atoms with Crippen molar-refractivity contribution in [3.05, 3.63) is 46.9 Å². The van der Waals surface area contributed by atoms with Gasteiger partial charge in [0.2, 0.25) is 5.91 Å². The van der Waals surface area contributed by atoms with Crippen molar-refractivity contribution in [1.82, 2.24) is 19.7 Å². The zero-order chi connectivity index (χ0) is 21.0. The van der Waals surface area contributed by atoms with E-state index in [1.54, 1.807) is 31.5 Å². The lowest BCUT2D eigenvalue weighted by molar-refractivity contribution is -0.114. The van der Waals surface area contributed by atoms with E-state index < -0.39 is 0 Å². The number of nitrogens with zero attached hydrogens (tertiary/aromatic N) is 7. The summed E-state index contributed by atoms with van der Waals surface area (Å²) in [6.45, 7) is 3.04. The van der Waals surface area contributed by atoms with Gasteiger partial charge in [0.25, 0.3) is 5.95 Å². The molecule has 29 heavy (non-hydrogen) atoms. The predicted octanol–water partition coefficient (Wildman–Crippen LogP) is 3.88. The first-order valence-corrected chi connectivity index (χ1v) is 8.66. The molecule has 0 bridgehead atoms. The minimum Gasteiger partial charge on any atom is -0.493 e. The molecular formula is C18H15ClN8O2. The van der Waals surface area contributed by atoms with Gasteiger partial charge in [0.05, 0.1) is 29.2 Å². The van der Waals surface area contributed by atoms with Crippen LogP contribution in [0.2, 0.25) is 5.02 Å². The summed E-state index contributed by atoms with van der Waals surface area (Å²) >= 11 is 6.22. The van der Waals surface area contributed by atoms with E-state index in [0.29, 0.717) is 22.8 Å². The van der Waals surface area contributed by atoms with Crippen LogP contribution in [0.3, 0.4) is 0 Å². The second kappa shape index (κ2) is 8.45. The number of methoxy groups -OCH3 is 1. The number of azo groups is 1. The minimum atomic E-state index is -0.296. The summed E-state index contributed by atoms with van der Waals surface area (Å²) in [4.78, 5) is 19.7. The first kappa shape index (κ1) is 19.9. The van der Waals surface area contributed by atoms with Gasteiger partial charge in [-0.1, -0.05) is 11.6 Å². The highest BCUT2D eigenvalue weighted by Gasteiger charge is 2.18. The van der Waals surface area contributed by atoms with Gasteiger partial charge in [0.15, 0.2) is 11.6 Å². The number of anilines is 1. The number of hydrogen-bond donors (Lipinski definition) is 1. The smallest absolute Gasteiger partial charge is 0.252 e. The Labute approximate surface area is 170 Å². The molecule has 11 heteroatoms. The van der Waals surface area contributed by atoms with Crippen molar-refractivity contribution in [2.45, 2.75) is 13.8 Å². The number of carbonyl (C=O) groups excluding carboxylic acids is 1. The number of benzene rings is 1. The van der Waals surface area contributed by atoms with Crippen molar-refractivity contribution in [2.24, 2.45) is 10.2 Å². The van der Waals surface area contributed by atoms with E-state index in [1.807, 2.05) is 0 Å². The van der Waals surface area contributed by atoms with Gasteiger partial charge in [-0.2, -0.15) is 15.0 Å². The van der Waals surface area contributed by atoms with E-state index in [1.165, 1.54) is 24.8 Å². The second-order valence-corrected chi connectivity index (χ2v) is 6.15. The van der Waals surface area contributed by atoms with E-state index in [9.17, 15) is 10.1 Å². The number of rotatable bonds is 5. The van der Waals surface area contributed by atoms with Crippen LogP contribution in [0.5, 0.6) is 5.75 Å². The maximum Gasteiger partial charge on any atom is 0.252 e. The van der Waals surface area contributed by atoms with Crippen LogP contribution in [0, 0.1) is 18.3 Å². The third kappa shape index (κ3) is 4.20. The van der Waals surface area contributed by atoms with Crippen LogP contribution in [0.1, 0.15) is 18.2 Å². The summed E-state index contributed by atoms with van der Waals surface area (Å²) in [5, 5.41) is 25.0. The van der Waals surface area contributed by atoms with Gasteiger partial charge in [-0.25, -0.2) is 9.97 Å². The lowest BCUT2D eigenvalue weighted by atomic mass is 10.2. The van der Waals surface area contributed by atoms with Gasteiger partial charge in [-0.15, -0.1) is 10.2 Å². The first-order valence-electron chi connectivity index (χ1n) is 8.28. The number of nitrogens with one attached hydrogen (secondary N) is 1. The summed E-state index contributed by atoms with van der Waals surface area (Å²) in [6.07, 6.45) is 3.10. The monoisotopic (exact) mass is 410 g/mol. The molecule has 3 aromatic rings. The van der Waals surface area contributed by atoms with E-state index in [4.69, 9.17) is 16.3 Å². The molecule has 0 atom stereocenters. The fourth-order valence-electron chi connectivity index (χ4n) is 2.51. The number of aromatic nitrogens is 4. The second-order valence-electron chi connectivity index (χ2n) is 5.75. The van der Waals surface area contributed by atoms with Crippen LogP contribution in [0.4, 0.5) is 17.2 Å². The van der Waals surface area contributed by atoms with E-state index in [-0.39, 0.29) is 28.3 Å². The molecule has 0 saturated heterocycles. The van der Waals surface area contributed by atoms with Crippen LogP contribution < -0.4 is 10.1 Å². The van der Waals surface area contributed by atoms with Gasteiger partial charge >= 0.3 is 0 Å². The molecule has 1 amide bonds. The van der Waals surface area contributed by atoms with Crippen LogP contribution in [-0.4, -0.2) is 32.8 Å². The van der Waals surface area contributed by atoms with Gasteiger partial charge in [0.1, 0.15) is 11.6 Å². The number of amides is 1. The van der Waals surface area contributed by atoms with Crippen LogP contribution >= 0.6 is 11.6 Å². The summed E-state index contributed by atoms with van der Waals surface area (Å²) in [6, 6.07) is 6.80. The highest BCUT2D eigenvalue weighted by molar-refractivity contribution is 6.33. The molecular weight excluding hydrogens is 396 g/mol. The lowest BCUT2D eigenvalue weighted by Gasteiger charge is -2.11. The van der Waals surface area contributed by atoms with E-state index >= 15 is 0 Å². The molecule has 3 rings (SSSR count). The van der Waals surface area contributed by atoms with E-state index in [0.717, 1.165) is 0 Å². The van der Waals surface area contributed by atoms with Crippen molar-refractivity contribution in [3.8, 4) is 17.8 Å². The van der Waals surface area contributed by atoms with Gasteiger partial charge < -0.3 is 10.1 Å². The van der Waals surface area contributed by atoms with Crippen molar-refractivity contribution in [1.29, 1.82) is 5.26 Å². The highest BCUT2D eigenvalue weighted by atomic mass is 35.5. The van der Waals surface area contributed by atoms with Gasteiger partial charge in [-0.3, -0.25) is 4.79 Å². The fraction of sp³-hybridized carbons (Fsp3) is 0.167. The van der Waals surface area contributed by atoms with Crippen LogP contribution in [0.15, 0.2) is 40.8 Å². The Kier molecular flexibility index (Phi) is 5.80. The Balaban J connectivity index is 2.08. The molecule has 0 spiro atoms. The molecule has 1 aromatic carbocycles. The SMILES string of the molecule is COc1c(Cl)cc(N=Nc2c(C#N)c(C)nn2-c2ncccn2)cc1NC(C)=O. The maximum atomic E-state index is 11.4. The molecule has 0 aliphatic rings. The van der Waals surface area contributed by atoms with Crippen LogP contribution in [0.25, 0.3) is 5.95 Å². The zero-order valence-electron chi connectivity index (χ0n) is 15.7. The average molecular weight is 411 g/mol. The predicted molar refractivity (Wildman–Crippen MR) is 105 cm³/mol. The van der Waals surface area contributed by atoms with Gasteiger partial charge in [-0.05, 0) is 25.1 Å². The largest absolute Gasteiger partial charge is 0.493 e. The molecule has 10 nitrogen and oxygen atoms in total. The summed E-state index contributed by atoms with van der Waals surface area (Å²) in [5.41, 5.74) is 1.38. The van der Waals surface area contributed by atoms with Crippen molar-refractivity contribution >= 4 is 34.7 Å². The third-order valence-electron chi connectivity index (χ3n) is 3.69. The van der Waals surface area contributed by atoms with Gasteiger partial charge in [0, 0.05) is 19.3 Å². The lowest BCUT2D eigenvalue weighted by Crippen LogP contribution is -2.07. The summed E-state index contributed by atoms with van der Waals surface area (Å²) < 4.78 is 6.55. The summed E-state index contributed by atoms with van der Waals surface area (Å²) in [7, 11) is 1.44. The molecule has 2 aromatic heterocycles. The molecule has 1 N–H and O–H groups in total. The Bertz CT molecular complexity index is 1130. The topological polar surface area (TPSA) is 130 Å². The van der Waals surface area contributed by atoms with Crippen LogP contribution in [-0.2, 0) is 4.79 Å². The van der Waals surface area contributed by atoms with Crippen molar-refractivity contribution in [3.63, 3.8) is 0 Å². The first-order chi connectivity index (χ1) is 13.9. The molecule has 0 unspecified atom stereocenters. The number of aryl methyl sites for hydroxylation is 1. The molecule has 2 heterocycles. The molecule has 0 radical (unpaired) electrons. The maximum absolute atomic E-state index is 11.4. The average Bonchev–Trinajstić information content (AvgIpc) is 3.01. The molecule has 0 saturated carbocycles. The third-order valence-corrected chi connectivity index (χ3v) is 3.97. The summed E-state index contributed by atoms with van der Waals surface area (Å²) in [5.74, 6) is 0.425. The number of ether oxygens (including phenoxy) is 1. The minimum absolute atomic E-state index is 0.171. The molecule has 0 aliphatic carbocycles. The number of nitriles is 1. The molecule has 146 valence electrons. The standard InChI is InChI=1S/C18H15ClN8O2/c1-10-13(9-20)17(27(26-10)18-21-5-4-6-22-18)25-24-12-7-14(19)16(29-3)15(8-12)23-11(2)28/h4-8H,1-3H3,(H,23,28). The Morgan fingerprint density at radius 2 is 2.03 bits per heavy atom. The van der Waals surface area contributed by atoms with Crippen molar-refractivity contribution in [2.75, 3.05) is 12.4 Å². The molecule has 0 aliphatic heterocycles.